The smallest absolute Gasteiger partial charge is 0.148 e. The number of halogens is 3. The van der Waals surface area contributed by atoms with E-state index >= 15 is 0 Å². The van der Waals surface area contributed by atoms with Crippen molar-refractivity contribution >= 4 is 23.2 Å². The zero-order valence-electron chi connectivity index (χ0n) is 10.3. The number of ether oxygens (including phenoxy) is 1. The third kappa shape index (κ3) is 2.37. The van der Waals surface area contributed by atoms with Crippen molar-refractivity contribution in [1.29, 1.82) is 0 Å². The molecule has 3 rings (SSSR count). The molecule has 2 aromatic rings. The Balaban J connectivity index is 1.99. The van der Waals surface area contributed by atoms with E-state index in [-0.39, 0.29) is 11.4 Å². The molecule has 2 aromatic carbocycles. The van der Waals surface area contributed by atoms with Crippen LogP contribution in [0.4, 0.5) is 4.39 Å². The molecule has 0 saturated heterocycles. The van der Waals surface area contributed by atoms with E-state index in [1.54, 1.807) is 30.3 Å². The Bertz CT molecular complexity index is 660. The van der Waals surface area contributed by atoms with Gasteiger partial charge in [-0.3, -0.25) is 0 Å². The van der Waals surface area contributed by atoms with Gasteiger partial charge in [0.05, 0.1) is 11.1 Å². The summed E-state index contributed by atoms with van der Waals surface area (Å²) in [5.41, 5.74) is 0.966. The molecule has 20 heavy (non-hydrogen) atoms. The van der Waals surface area contributed by atoms with Gasteiger partial charge in [0.25, 0.3) is 0 Å². The summed E-state index contributed by atoms with van der Waals surface area (Å²) in [6, 6.07) is 9.76. The number of aliphatic hydroxyl groups is 1. The number of benzene rings is 2. The number of aliphatic hydroxyl groups excluding tert-OH is 1. The third-order valence-corrected chi connectivity index (χ3v) is 3.89. The molecule has 0 fully saturated rings. The highest BCUT2D eigenvalue weighted by Crippen LogP contribution is 2.42. The highest BCUT2D eigenvalue weighted by atomic mass is 35.5. The minimum Gasteiger partial charge on any atom is -0.485 e. The summed E-state index contributed by atoms with van der Waals surface area (Å²) in [6.07, 6.45) is -1.07. The van der Waals surface area contributed by atoms with Crippen LogP contribution in [0.5, 0.6) is 5.75 Å². The molecule has 0 radical (unpaired) electrons. The van der Waals surface area contributed by atoms with E-state index in [1.165, 1.54) is 6.07 Å². The molecule has 1 unspecified atom stereocenters. The lowest BCUT2D eigenvalue weighted by Crippen LogP contribution is -2.20. The molecule has 2 nitrogen and oxygen atoms in total. The Hall–Kier alpha value is -1.29. The molecule has 0 aliphatic carbocycles. The van der Waals surface area contributed by atoms with Crippen LogP contribution < -0.4 is 4.74 Å². The summed E-state index contributed by atoms with van der Waals surface area (Å²) in [5.74, 6) is 0.00121. The average molecular weight is 313 g/mol. The number of hydrogen-bond donors (Lipinski definition) is 1. The lowest BCUT2D eigenvalue weighted by Gasteiger charge is -2.30. The minimum atomic E-state index is -0.749. The first kappa shape index (κ1) is 13.7. The third-order valence-electron chi connectivity index (χ3n) is 3.37. The molecule has 1 N–H and O–H groups in total. The van der Waals surface area contributed by atoms with Gasteiger partial charge in [0.2, 0.25) is 0 Å². The van der Waals surface area contributed by atoms with Gasteiger partial charge in [-0.05, 0) is 24.3 Å². The van der Waals surface area contributed by atoms with Gasteiger partial charge in [-0.15, -0.1) is 0 Å². The van der Waals surface area contributed by atoms with Gasteiger partial charge < -0.3 is 9.84 Å². The van der Waals surface area contributed by atoms with Crippen molar-refractivity contribution in [1.82, 2.24) is 0 Å². The first-order valence-electron chi connectivity index (χ1n) is 6.14. The van der Waals surface area contributed by atoms with Gasteiger partial charge in [-0.25, -0.2) is 4.39 Å². The number of rotatable bonds is 1. The Morgan fingerprint density at radius 1 is 1.15 bits per heavy atom. The van der Waals surface area contributed by atoms with Gasteiger partial charge in [0.1, 0.15) is 17.7 Å². The second-order valence-corrected chi connectivity index (χ2v) is 5.53. The topological polar surface area (TPSA) is 29.5 Å². The largest absolute Gasteiger partial charge is 0.485 e. The van der Waals surface area contributed by atoms with Crippen molar-refractivity contribution < 1.29 is 14.2 Å². The van der Waals surface area contributed by atoms with Crippen molar-refractivity contribution in [2.24, 2.45) is 0 Å². The summed E-state index contributed by atoms with van der Waals surface area (Å²) >= 11 is 11.7. The zero-order valence-corrected chi connectivity index (χ0v) is 11.8. The molecule has 1 aliphatic rings. The molecule has 1 heterocycles. The van der Waals surface area contributed by atoms with Crippen LogP contribution in [0.15, 0.2) is 36.4 Å². The minimum absolute atomic E-state index is 0.0440. The van der Waals surface area contributed by atoms with Crippen LogP contribution in [0.25, 0.3) is 0 Å². The SMILES string of the molecule is O[C@H]1CC(c2cccc(Cl)c2F)Oc2ccc(Cl)cc21. The molecule has 0 bridgehead atoms. The quantitative estimate of drug-likeness (QED) is 0.827. The fourth-order valence-electron chi connectivity index (χ4n) is 2.38. The lowest BCUT2D eigenvalue weighted by molar-refractivity contribution is 0.0640. The molecule has 0 saturated carbocycles. The Kier molecular flexibility index (Phi) is 3.59. The van der Waals surface area contributed by atoms with E-state index in [1.807, 2.05) is 0 Å². The van der Waals surface area contributed by atoms with Crippen molar-refractivity contribution in [3.05, 3.63) is 63.4 Å². The summed E-state index contributed by atoms with van der Waals surface area (Å²) in [6.45, 7) is 0. The van der Waals surface area contributed by atoms with Gasteiger partial charge >= 0.3 is 0 Å². The Morgan fingerprint density at radius 3 is 2.75 bits per heavy atom. The standard InChI is InChI=1S/C15H11Cl2FO2/c16-8-4-5-13-10(6-8)12(19)7-14(20-13)9-2-1-3-11(17)15(9)18/h1-6,12,14,19H,7H2/t12-,14?/m0/s1. The fourth-order valence-corrected chi connectivity index (χ4v) is 2.74. The van der Waals surface area contributed by atoms with Gasteiger partial charge in [-0.1, -0.05) is 35.3 Å². The summed E-state index contributed by atoms with van der Waals surface area (Å²) in [4.78, 5) is 0. The Labute approximate surface area is 125 Å². The summed E-state index contributed by atoms with van der Waals surface area (Å²) in [7, 11) is 0. The van der Waals surface area contributed by atoms with E-state index < -0.39 is 18.0 Å². The predicted octanol–water partition coefficient (Wildman–Crippen LogP) is 4.69. The Morgan fingerprint density at radius 2 is 1.95 bits per heavy atom. The van der Waals surface area contributed by atoms with Gasteiger partial charge in [-0.2, -0.15) is 0 Å². The van der Waals surface area contributed by atoms with Crippen molar-refractivity contribution in [2.75, 3.05) is 0 Å². The second kappa shape index (κ2) is 5.24. The zero-order chi connectivity index (χ0) is 14.3. The van der Waals surface area contributed by atoms with Crippen LogP contribution in [-0.4, -0.2) is 5.11 Å². The first-order chi connectivity index (χ1) is 9.56. The fraction of sp³-hybridized carbons (Fsp3) is 0.200. The maximum Gasteiger partial charge on any atom is 0.148 e. The molecule has 0 spiro atoms. The molecular formula is C15H11Cl2FO2. The van der Waals surface area contributed by atoms with Crippen LogP contribution in [0.3, 0.4) is 0 Å². The maximum atomic E-state index is 14.0. The molecule has 0 amide bonds. The van der Waals surface area contributed by atoms with Crippen molar-refractivity contribution in [3.63, 3.8) is 0 Å². The molecule has 0 aromatic heterocycles. The van der Waals surface area contributed by atoms with Crippen molar-refractivity contribution in [3.8, 4) is 5.75 Å². The predicted molar refractivity (Wildman–Crippen MR) is 75.8 cm³/mol. The molecule has 2 atom stereocenters. The average Bonchev–Trinajstić information content (AvgIpc) is 2.42. The highest BCUT2D eigenvalue weighted by molar-refractivity contribution is 6.31. The van der Waals surface area contributed by atoms with Crippen LogP contribution in [0.2, 0.25) is 10.0 Å². The molecule has 5 heteroatoms. The molecular weight excluding hydrogens is 302 g/mol. The van der Waals surface area contributed by atoms with E-state index in [9.17, 15) is 9.50 Å². The lowest BCUT2D eigenvalue weighted by atomic mass is 9.95. The summed E-state index contributed by atoms with van der Waals surface area (Å²) < 4.78 is 19.8. The number of hydrogen-bond acceptors (Lipinski definition) is 2. The van der Waals surface area contributed by atoms with Crippen LogP contribution in [-0.2, 0) is 0 Å². The summed E-state index contributed by atoms with van der Waals surface area (Å²) in [5, 5.41) is 10.8. The monoisotopic (exact) mass is 312 g/mol. The van der Waals surface area contributed by atoms with Crippen LogP contribution in [0, 0.1) is 5.82 Å². The highest BCUT2D eigenvalue weighted by Gasteiger charge is 2.30. The molecule has 1 aliphatic heterocycles. The van der Waals surface area contributed by atoms with Gasteiger partial charge in [0, 0.05) is 22.6 Å². The van der Waals surface area contributed by atoms with E-state index in [0.29, 0.717) is 21.9 Å². The molecule has 104 valence electrons. The van der Waals surface area contributed by atoms with Crippen LogP contribution >= 0.6 is 23.2 Å². The van der Waals surface area contributed by atoms with Crippen molar-refractivity contribution in [2.45, 2.75) is 18.6 Å². The van der Waals surface area contributed by atoms with Gasteiger partial charge in [0.15, 0.2) is 0 Å². The second-order valence-electron chi connectivity index (χ2n) is 4.68. The number of fused-ring (bicyclic) bond motifs is 1. The first-order valence-corrected chi connectivity index (χ1v) is 6.90. The van der Waals surface area contributed by atoms with Crippen LogP contribution in [0.1, 0.15) is 29.8 Å². The maximum absolute atomic E-state index is 14.0. The van der Waals surface area contributed by atoms with E-state index in [0.717, 1.165) is 0 Å². The van der Waals surface area contributed by atoms with E-state index in [4.69, 9.17) is 27.9 Å². The normalized spacial score (nSPS) is 21.2. The van der Waals surface area contributed by atoms with E-state index in [2.05, 4.69) is 0 Å².